The Kier molecular flexibility index (Phi) is 6.40. The maximum atomic E-state index is 11.7. The fourth-order valence-corrected chi connectivity index (χ4v) is 3.96. The highest BCUT2D eigenvalue weighted by Gasteiger charge is 2.29. The highest BCUT2D eigenvalue weighted by molar-refractivity contribution is 5.73. The Balaban J connectivity index is 1.58. The van der Waals surface area contributed by atoms with Crippen LogP contribution < -0.4 is 5.32 Å². The Hall–Kier alpha value is -2.20. The van der Waals surface area contributed by atoms with E-state index in [0.29, 0.717) is 11.8 Å². The summed E-state index contributed by atoms with van der Waals surface area (Å²) >= 11 is 0. The molecular weight excluding hydrogens is 322 g/mol. The first-order chi connectivity index (χ1) is 12.6. The number of rotatable bonds is 6. The number of piperidine rings is 1. The lowest BCUT2D eigenvalue weighted by Crippen LogP contribution is -2.41. The van der Waals surface area contributed by atoms with Crippen LogP contribution in [0.2, 0.25) is 0 Å². The lowest BCUT2D eigenvalue weighted by molar-refractivity contribution is -0.120. The zero-order valence-corrected chi connectivity index (χ0v) is 15.8. The van der Waals surface area contributed by atoms with Crippen molar-refractivity contribution in [3.05, 3.63) is 66.0 Å². The maximum absolute atomic E-state index is 11.7. The van der Waals surface area contributed by atoms with Crippen molar-refractivity contribution in [2.45, 2.75) is 38.6 Å². The number of carbonyl (C=O) groups excluding carboxylic acids is 1. The smallest absolute Gasteiger partial charge is 0.217 e. The van der Waals surface area contributed by atoms with Gasteiger partial charge in [-0.3, -0.25) is 9.78 Å². The number of nitrogens with zero attached hydrogens (tertiary/aromatic N) is 2. The summed E-state index contributed by atoms with van der Waals surface area (Å²) in [7, 11) is 0. The molecule has 2 aromatic rings. The summed E-state index contributed by atoms with van der Waals surface area (Å²) < 4.78 is 0. The molecule has 1 aliphatic heterocycles. The van der Waals surface area contributed by atoms with E-state index in [-0.39, 0.29) is 11.9 Å². The fourth-order valence-electron chi connectivity index (χ4n) is 3.96. The van der Waals surface area contributed by atoms with E-state index < -0.39 is 0 Å². The monoisotopic (exact) mass is 351 g/mol. The Morgan fingerprint density at radius 1 is 1.15 bits per heavy atom. The first-order valence-electron chi connectivity index (χ1n) is 9.59. The van der Waals surface area contributed by atoms with E-state index in [2.05, 4.69) is 52.5 Å². The second-order valence-electron chi connectivity index (χ2n) is 7.38. The second-order valence-corrected chi connectivity index (χ2v) is 7.38. The normalized spacial score (nSPS) is 18.2. The standard InChI is InChI=1S/C22H29N3O/c1-17(19-8-4-3-5-9-19)16-25-14-11-20(12-15-25)22(24-18(2)26)21-10-6-7-13-23-21/h3-10,13,17,20,22H,11-12,14-16H2,1-2H3,(H,24,26). The number of nitrogens with one attached hydrogen (secondary N) is 1. The molecule has 0 spiro atoms. The number of pyridine rings is 1. The third-order valence-electron chi connectivity index (χ3n) is 5.37. The SMILES string of the molecule is CC(=O)NC(c1ccccn1)C1CCN(CC(C)c2ccccc2)CC1. The molecule has 0 saturated carbocycles. The number of amides is 1. The Morgan fingerprint density at radius 3 is 2.46 bits per heavy atom. The maximum Gasteiger partial charge on any atom is 0.217 e. The van der Waals surface area contributed by atoms with E-state index in [9.17, 15) is 4.79 Å². The molecule has 26 heavy (non-hydrogen) atoms. The minimum absolute atomic E-state index is 0.0146. The number of likely N-dealkylation sites (tertiary alicyclic amines) is 1. The molecule has 0 bridgehead atoms. The van der Waals surface area contributed by atoms with Gasteiger partial charge in [-0.15, -0.1) is 0 Å². The highest BCUT2D eigenvalue weighted by atomic mass is 16.1. The molecule has 0 aliphatic carbocycles. The van der Waals surface area contributed by atoms with Crippen LogP contribution in [0, 0.1) is 5.92 Å². The van der Waals surface area contributed by atoms with E-state index >= 15 is 0 Å². The minimum Gasteiger partial charge on any atom is -0.348 e. The predicted molar refractivity (Wildman–Crippen MR) is 105 cm³/mol. The summed E-state index contributed by atoms with van der Waals surface area (Å²) in [5.74, 6) is 0.993. The average Bonchev–Trinajstić information content (AvgIpc) is 2.68. The zero-order valence-electron chi connectivity index (χ0n) is 15.8. The van der Waals surface area contributed by atoms with Gasteiger partial charge in [0.25, 0.3) is 0 Å². The van der Waals surface area contributed by atoms with Gasteiger partial charge in [-0.2, -0.15) is 0 Å². The van der Waals surface area contributed by atoms with Crippen molar-refractivity contribution in [1.82, 2.24) is 15.2 Å². The molecule has 1 aliphatic rings. The lowest BCUT2D eigenvalue weighted by Gasteiger charge is -2.37. The summed E-state index contributed by atoms with van der Waals surface area (Å²) in [6.45, 7) is 7.13. The van der Waals surface area contributed by atoms with Gasteiger partial charge in [0, 0.05) is 19.7 Å². The largest absolute Gasteiger partial charge is 0.348 e. The number of hydrogen-bond donors (Lipinski definition) is 1. The fraction of sp³-hybridized carbons (Fsp3) is 0.455. The van der Waals surface area contributed by atoms with Gasteiger partial charge in [0.15, 0.2) is 0 Å². The molecule has 1 aromatic heterocycles. The van der Waals surface area contributed by atoms with Crippen molar-refractivity contribution in [2.24, 2.45) is 5.92 Å². The van der Waals surface area contributed by atoms with Crippen LogP contribution in [0.3, 0.4) is 0 Å². The van der Waals surface area contributed by atoms with E-state index in [1.807, 2.05) is 18.2 Å². The van der Waals surface area contributed by atoms with Crippen molar-refractivity contribution in [2.75, 3.05) is 19.6 Å². The van der Waals surface area contributed by atoms with Crippen LogP contribution in [-0.4, -0.2) is 35.4 Å². The molecule has 1 amide bonds. The molecule has 2 unspecified atom stereocenters. The van der Waals surface area contributed by atoms with Crippen molar-refractivity contribution in [3.63, 3.8) is 0 Å². The van der Waals surface area contributed by atoms with Gasteiger partial charge >= 0.3 is 0 Å². The van der Waals surface area contributed by atoms with E-state index in [0.717, 1.165) is 38.2 Å². The van der Waals surface area contributed by atoms with Gasteiger partial charge in [0.1, 0.15) is 0 Å². The molecule has 0 radical (unpaired) electrons. The lowest BCUT2D eigenvalue weighted by atomic mass is 9.86. The van der Waals surface area contributed by atoms with Crippen LogP contribution >= 0.6 is 0 Å². The van der Waals surface area contributed by atoms with Crippen LogP contribution in [0.5, 0.6) is 0 Å². The molecule has 2 heterocycles. The molecule has 1 saturated heterocycles. The first-order valence-corrected chi connectivity index (χ1v) is 9.59. The predicted octanol–water partition coefficient (Wildman–Crippen LogP) is 3.77. The first kappa shape index (κ1) is 18.6. The molecule has 4 nitrogen and oxygen atoms in total. The summed E-state index contributed by atoms with van der Waals surface area (Å²) in [5, 5.41) is 3.13. The Labute approximate surface area is 156 Å². The molecule has 1 N–H and O–H groups in total. The van der Waals surface area contributed by atoms with Gasteiger partial charge < -0.3 is 10.2 Å². The van der Waals surface area contributed by atoms with Crippen LogP contribution in [0.4, 0.5) is 0 Å². The third-order valence-corrected chi connectivity index (χ3v) is 5.37. The van der Waals surface area contributed by atoms with E-state index in [4.69, 9.17) is 0 Å². The Bertz CT molecular complexity index is 681. The van der Waals surface area contributed by atoms with Crippen LogP contribution in [0.15, 0.2) is 54.7 Å². The molecule has 1 fully saturated rings. The van der Waals surface area contributed by atoms with Crippen molar-refractivity contribution < 1.29 is 4.79 Å². The average molecular weight is 351 g/mol. The molecular formula is C22H29N3O. The van der Waals surface area contributed by atoms with Gasteiger partial charge in [-0.25, -0.2) is 0 Å². The molecule has 4 heteroatoms. The Morgan fingerprint density at radius 2 is 1.85 bits per heavy atom. The number of hydrogen-bond acceptors (Lipinski definition) is 3. The number of aromatic nitrogens is 1. The summed E-state index contributed by atoms with van der Waals surface area (Å²) in [6.07, 6.45) is 3.98. The van der Waals surface area contributed by atoms with E-state index in [1.165, 1.54) is 5.56 Å². The topological polar surface area (TPSA) is 45.2 Å². The van der Waals surface area contributed by atoms with Crippen LogP contribution in [-0.2, 0) is 4.79 Å². The van der Waals surface area contributed by atoms with Crippen molar-refractivity contribution in [3.8, 4) is 0 Å². The zero-order chi connectivity index (χ0) is 18.4. The van der Waals surface area contributed by atoms with Gasteiger partial charge in [-0.05, 0) is 55.5 Å². The summed E-state index contributed by atoms with van der Waals surface area (Å²) in [4.78, 5) is 18.7. The van der Waals surface area contributed by atoms with Crippen LogP contribution in [0.25, 0.3) is 0 Å². The molecule has 138 valence electrons. The van der Waals surface area contributed by atoms with E-state index in [1.54, 1.807) is 13.1 Å². The summed E-state index contributed by atoms with van der Waals surface area (Å²) in [5.41, 5.74) is 2.37. The minimum atomic E-state index is 0.0146. The van der Waals surface area contributed by atoms with Gasteiger partial charge in [-0.1, -0.05) is 43.3 Å². The van der Waals surface area contributed by atoms with Gasteiger partial charge in [0.2, 0.25) is 5.91 Å². The second kappa shape index (κ2) is 8.95. The van der Waals surface area contributed by atoms with Crippen LogP contribution in [0.1, 0.15) is 49.9 Å². The highest BCUT2D eigenvalue weighted by Crippen LogP contribution is 2.30. The molecule has 2 atom stereocenters. The van der Waals surface area contributed by atoms with Gasteiger partial charge in [0.05, 0.1) is 11.7 Å². The molecule has 1 aromatic carbocycles. The number of benzene rings is 1. The molecule has 3 rings (SSSR count). The quantitative estimate of drug-likeness (QED) is 0.861. The summed E-state index contributed by atoms with van der Waals surface area (Å²) in [6, 6.07) is 16.7. The number of carbonyl (C=O) groups is 1. The third kappa shape index (κ3) is 4.92. The van der Waals surface area contributed by atoms with Crippen molar-refractivity contribution >= 4 is 5.91 Å². The van der Waals surface area contributed by atoms with Crippen molar-refractivity contribution in [1.29, 1.82) is 0 Å².